The molecule has 2 aromatic heterocycles. The van der Waals surface area contributed by atoms with E-state index in [1.54, 1.807) is 16.7 Å². The van der Waals surface area contributed by atoms with E-state index in [-0.39, 0.29) is 10.8 Å². The molecule has 0 N–H and O–H groups in total. The van der Waals surface area contributed by atoms with Gasteiger partial charge in [-0.3, -0.25) is 4.79 Å². The molecule has 1 amide bonds. The van der Waals surface area contributed by atoms with Crippen LogP contribution in [0.25, 0.3) is 10.2 Å². The zero-order chi connectivity index (χ0) is 22.9. The highest BCUT2D eigenvalue weighted by molar-refractivity contribution is 7.91. The molecule has 0 aliphatic carbocycles. The first-order valence-electron chi connectivity index (χ1n) is 10.0. The third kappa shape index (κ3) is 4.55. The number of para-hydroxylation sites is 1. The van der Waals surface area contributed by atoms with Gasteiger partial charge in [0.1, 0.15) is 16.1 Å². The van der Waals surface area contributed by atoms with Gasteiger partial charge in [-0.15, -0.1) is 11.3 Å². The molecule has 0 bridgehead atoms. The Hall–Kier alpha value is -1.63. The van der Waals surface area contributed by atoms with E-state index >= 15 is 0 Å². The molecule has 1 saturated heterocycles. The number of hydrogen-bond donors (Lipinski definition) is 0. The number of ether oxygens (including phenoxy) is 1. The molecule has 0 radical (unpaired) electrons. The summed E-state index contributed by atoms with van der Waals surface area (Å²) in [5.41, 5.74) is 0.355. The third-order valence-electron chi connectivity index (χ3n) is 5.12. The van der Waals surface area contributed by atoms with Crippen LogP contribution in [-0.4, -0.2) is 49.0 Å². The number of aromatic nitrogens is 1. The molecule has 3 aromatic rings. The van der Waals surface area contributed by atoms with Crippen LogP contribution in [0.1, 0.15) is 19.8 Å². The van der Waals surface area contributed by atoms with Crippen LogP contribution in [0.2, 0.25) is 4.34 Å². The fourth-order valence-electron chi connectivity index (χ4n) is 3.68. The average molecular weight is 518 g/mol. The van der Waals surface area contributed by atoms with Gasteiger partial charge in [0.25, 0.3) is 15.9 Å². The van der Waals surface area contributed by atoms with Crippen molar-refractivity contribution in [3.63, 3.8) is 0 Å². The van der Waals surface area contributed by atoms with Crippen LogP contribution in [-0.2, 0) is 26.1 Å². The quantitative estimate of drug-likeness (QED) is 0.445. The third-order valence-corrected chi connectivity index (χ3v) is 9.77. The molecule has 32 heavy (non-hydrogen) atoms. The SMILES string of the molecule is CCOCCn1c(=NC(=O)C2CCCN2S(=O)(=O)c2ccc(Cl)s2)sc2cccc(F)c21. The Morgan fingerprint density at radius 1 is 1.31 bits per heavy atom. The van der Waals surface area contributed by atoms with Gasteiger partial charge in [-0.25, -0.2) is 12.8 Å². The summed E-state index contributed by atoms with van der Waals surface area (Å²) in [4.78, 5) is 17.7. The van der Waals surface area contributed by atoms with E-state index in [0.717, 1.165) is 11.3 Å². The van der Waals surface area contributed by atoms with Crippen LogP contribution in [0.4, 0.5) is 4.39 Å². The minimum absolute atomic E-state index is 0.0953. The minimum atomic E-state index is -3.86. The van der Waals surface area contributed by atoms with Crippen molar-refractivity contribution in [2.24, 2.45) is 4.99 Å². The number of rotatable bonds is 7. The van der Waals surface area contributed by atoms with Gasteiger partial charge in [-0.05, 0) is 44.0 Å². The lowest BCUT2D eigenvalue weighted by Gasteiger charge is -2.20. The standard InChI is InChI=1S/C20H21ClFN3O4S3/c1-2-29-12-11-24-18-13(22)5-3-7-15(18)30-20(24)23-19(26)14-6-4-10-25(14)32(27,28)17-9-8-16(21)31-17/h3,5,7-9,14H,2,4,6,10-12H2,1H3. The van der Waals surface area contributed by atoms with Crippen molar-refractivity contribution >= 4 is 60.4 Å². The number of carbonyl (C=O) groups is 1. The van der Waals surface area contributed by atoms with Gasteiger partial charge >= 0.3 is 0 Å². The predicted octanol–water partition coefficient (Wildman–Crippen LogP) is 3.87. The van der Waals surface area contributed by atoms with E-state index in [0.29, 0.717) is 52.0 Å². The minimum Gasteiger partial charge on any atom is -0.380 e. The van der Waals surface area contributed by atoms with Crippen molar-refractivity contribution in [1.82, 2.24) is 8.87 Å². The molecule has 12 heteroatoms. The van der Waals surface area contributed by atoms with E-state index in [1.807, 2.05) is 6.92 Å². The number of fused-ring (bicyclic) bond motifs is 1. The fraction of sp³-hybridized carbons (Fsp3) is 0.400. The van der Waals surface area contributed by atoms with Crippen LogP contribution >= 0.6 is 34.3 Å². The number of nitrogens with zero attached hydrogens (tertiary/aromatic N) is 3. The number of sulfonamides is 1. The first-order valence-corrected chi connectivity index (χ1v) is 13.5. The Bertz CT molecular complexity index is 1320. The molecule has 3 heterocycles. The molecule has 0 spiro atoms. The molecule has 172 valence electrons. The number of thiophene rings is 1. The lowest BCUT2D eigenvalue weighted by Crippen LogP contribution is -2.40. The zero-order valence-electron chi connectivity index (χ0n) is 17.2. The Labute approximate surface area is 197 Å². The van der Waals surface area contributed by atoms with Gasteiger partial charge in [0, 0.05) is 19.7 Å². The second-order valence-corrected chi connectivity index (χ2v) is 11.9. The number of benzene rings is 1. The Morgan fingerprint density at radius 2 is 2.12 bits per heavy atom. The Kier molecular flexibility index (Phi) is 7.13. The van der Waals surface area contributed by atoms with Crippen LogP contribution in [0.15, 0.2) is 39.5 Å². The van der Waals surface area contributed by atoms with Gasteiger partial charge in [0.05, 0.1) is 21.2 Å². The van der Waals surface area contributed by atoms with Gasteiger partial charge in [-0.2, -0.15) is 9.30 Å². The number of thiazole rings is 1. The molecule has 1 aliphatic rings. The molecule has 0 saturated carbocycles. The number of hydrogen-bond acceptors (Lipinski definition) is 6. The van der Waals surface area contributed by atoms with Gasteiger partial charge in [-0.1, -0.05) is 29.0 Å². The molecule has 7 nitrogen and oxygen atoms in total. The lowest BCUT2D eigenvalue weighted by atomic mass is 10.2. The van der Waals surface area contributed by atoms with E-state index in [1.165, 1.54) is 33.8 Å². The summed E-state index contributed by atoms with van der Waals surface area (Å²) in [5.74, 6) is -0.977. The highest BCUT2D eigenvalue weighted by atomic mass is 35.5. The Morgan fingerprint density at radius 3 is 2.84 bits per heavy atom. The monoisotopic (exact) mass is 517 g/mol. The zero-order valence-corrected chi connectivity index (χ0v) is 20.4. The first-order chi connectivity index (χ1) is 15.3. The predicted molar refractivity (Wildman–Crippen MR) is 123 cm³/mol. The van der Waals surface area contributed by atoms with Crippen molar-refractivity contribution < 1.29 is 22.3 Å². The molecular formula is C20H21ClFN3O4S3. The van der Waals surface area contributed by atoms with Gasteiger partial charge < -0.3 is 9.30 Å². The van der Waals surface area contributed by atoms with E-state index < -0.39 is 27.8 Å². The topological polar surface area (TPSA) is 81.0 Å². The van der Waals surface area contributed by atoms with Crippen LogP contribution in [0.3, 0.4) is 0 Å². The van der Waals surface area contributed by atoms with Crippen LogP contribution < -0.4 is 4.80 Å². The largest absolute Gasteiger partial charge is 0.380 e. The summed E-state index contributed by atoms with van der Waals surface area (Å²) in [6.07, 6.45) is 0.925. The summed E-state index contributed by atoms with van der Waals surface area (Å²) in [7, 11) is -3.86. The fourth-order valence-corrected chi connectivity index (χ4v) is 8.01. The average Bonchev–Trinajstić information content (AvgIpc) is 3.48. The molecule has 1 atom stereocenters. The Balaban J connectivity index is 1.71. The van der Waals surface area contributed by atoms with E-state index in [4.69, 9.17) is 16.3 Å². The van der Waals surface area contributed by atoms with Crippen LogP contribution in [0.5, 0.6) is 0 Å². The highest BCUT2D eigenvalue weighted by Gasteiger charge is 2.40. The summed E-state index contributed by atoms with van der Waals surface area (Å²) in [6.45, 7) is 3.26. The van der Waals surface area contributed by atoms with E-state index in [9.17, 15) is 17.6 Å². The maximum Gasteiger partial charge on any atom is 0.266 e. The maximum atomic E-state index is 14.5. The van der Waals surface area contributed by atoms with Crippen molar-refractivity contribution in [3.8, 4) is 0 Å². The number of carbonyl (C=O) groups excluding carboxylic acids is 1. The summed E-state index contributed by atoms with van der Waals surface area (Å²) < 4.78 is 50.0. The van der Waals surface area contributed by atoms with E-state index in [2.05, 4.69) is 4.99 Å². The summed E-state index contributed by atoms with van der Waals surface area (Å²) in [6, 6.07) is 6.77. The second kappa shape index (κ2) is 9.70. The van der Waals surface area contributed by atoms with Gasteiger partial charge in [0.15, 0.2) is 4.80 Å². The van der Waals surface area contributed by atoms with Crippen molar-refractivity contribution in [2.75, 3.05) is 19.8 Å². The number of amides is 1. The van der Waals surface area contributed by atoms with Crippen molar-refractivity contribution in [1.29, 1.82) is 0 Å². The summed E-state index contributed by atoms with van der Waals surface area (Å²) in [5, 5.41) is 0. The normalized spacial score (nSPS) is 18.1. The van der Waals surface area contributed by atoms with Crippen molar-refractivity contribution in [2.45, 2.75) is 36.6 Å². The summed E-state index contributed by atoms with van der Waals surface area (Å²) >= 11 is 8.05. The molecule has 1 fully saturated rings. The lowest BCUT2D eigenvalue weighted by molar-refractivity contribution is -0.121. The molecule has 4 rings (SSSR count). The van der Waals surface area contributed by atoms with Crippen LogP contribution in [0, 0.1) is 5.82 Å². The highest BCUT2D eigenvalue weighted by Crippen LogP contribution is 2.32. The number of halogens is 2. The van der Waals surface area contributed by atoms with Gasteiger partial charge in [0.2, 0.25) is 0 Å². The molecule has 1 aromatic carbocycles. The van der Waals surface area contributed by atoms with Crippen molar-refractivity contribution in [3.05, 3.63) is 45.3 Å². The molecule has 1 aliphatic heterocycles. The maximum absolute atomic E-state index is 14.5. The smallest absolute Gasteiger partial charge is 0.266 e. The first kappa shape index (κ1) is 23.5. The molecular weight excluding hydrogens is 497 g/mol. The second-order valence-electron chi connectivity index (χ2n) is 7.10. The molecule has 1 unspecified atom stereocenters.